The van der Waals surface area contributed by atoms with Crippen molar-refractivity contribution in [2.24, 2.45) is 5.41 Å². The standard InChI is InChI=1S/C28H34FN3O3/c1-18(2)19-5-8-22(9-6-19)28(33,27(3)16-32(4)17-27)23-15-21(7-10-24(23)29)25-30-26(35-31-25)20-11-13-34-14-12-20/h5-10,15,18,20,33H,11-14,16-17H2,1-4H3/t28-/m0/s1. The summed E-state index contributed by atoms with van der Waals surface area (Å²) >= 11 is 0. The predicted molar refractivity (Wildman–Crippen MR) is 132 cm³/mol. The largest absolute Gasteiger partial charge is 0.381 e. The molecular formula is C28H34FN3O3. The minimum Gasteiger partial charge on any atom is -0.381 e. The fourth-order valence-electron chi connectivity index (χ4n) is 5.72. The third-order valence-corrected chi connectivity index (χ3v) is 7.73. The van der Waals surface area contributed by atoms with Crippen molar-refractivity contribution in [1.82, 2.24) is 15.0 Å². The van der Waals surface area contributed by atoms with Crippen LogP contribution in [0, 0.1) is 11.2 Å². The average molecular weight is 480 g/mol. The van der Waals surface area contributed by atoms with Crippen LogP contribution in [0.2, 0.25) is 0 Å². The van der Waals surface area contributed by atoms with E-state index in [4.69, 9.17) is 9.26 Å². The molecule has 186 valence electrons. The van der Waals surface area contributed by atoms with Gasteiger partial charge in [0.05, 0.1) is 0 Å². The predicted octanol–water partition coefficient (Wildman–Crippen LogP) is 5.08. The normalized spacial score (nSPS) is 20.5. The second-order valence-corrected chi connectivity index (χ2v) is 10.8. The Kier molecular flexibility index (Phi) is 6.28. The number of hydrogen-bond donors (Lipinski definition) is 1. The zero-order chi connectivity index (χ0) is 24.8. The van der Waals surface area contributed by atoms with E-state index in [-0.39, 0.29) is 11.5 Å². The first kappa shape index (κ1) is 24.1. The molecule has 0 amide bonds. The maximum absolute atomic E-state index is 15.5. The summed E-state index contributed by atoms with van der Waals surface area (Å²) in [6.45, 7) is 8.94. The van der Waals surface area contributed by atoms with Crippen LogP contribution in [0.1, 0.15) is 68.0 Å². The summed E-state index contributed by atoms with van der Waals surface area (Å²) in [5.41, 5.74) is 0.628. The van der Waals surface area contributed by atoms with Gasteiger partial charge >= 0.3 is 0 Å². The first-order valence-electron chi connectivity index (χ1n) is 12.4. The molecule has 1 atom stereocenters. The number of halogens is 1. The van der Waals surface area contributed by atoms with E-state index in [1.807, 2.05) is 38.2 Å². The molecule has 0 bridgehead atoms. The lowest BCUT2D eigenvalue weighted by Crippen LogP contribution is -2.63. The Morgan fingerprint density at radius 1 is 1.11 bits per heavy atom. The van der Waals surface area contributed by atoms with Crippen LogP contribution in [0.25, 0.3) is 11.4 Å². The van der Waals surface area contributed by atoms with Crippen LogP contribution in [0.4, 0.5) is 4.39 Å². The molecule has 0 unspecified atom stereocenters. The van der Waals surface area contributed by atoms with Crippen LogP contribution in [-0.2, 0) is 10.3 Å². The third-order valence-electron chi connectivity index (χ3n) is 7.73. The van der Waals surface area contributed by atoms with Gasteiger partial charge in [-0.2, -0.15) is 4.98 Å². The van der Waals surface area contributed by atoms with Gasteiger partial charge in [-0.1, -0.05) is 50.2 Å². The second kappa shape index (κ2) is 9.12. The van der Waals surface area contributed by atoms with Crippen molar-refractivity contribution in [2.45, 2.75) is 51.0 Å². The number of aliphatic hydroxyl groups is 1. The summed E-state index contributed by atoms with van der Waals surface area (Å²) in [6.07, 6.45) is 1.68. The molecule has 35 heavy (non-hydrogen) atoms. The number of nitrogens with zero attached hydrogens (tertiary/aromatic N) is 3. The van der Waals surface area contributed by atoms with E-state index >= 15 is 4.39 Å². The van der Waals surface area contributed by atoms with Crippen molar-refractivity contribution < 1.29 is 18.8 Å². The number of hydrogen-bond acceptors (Lipinski definition) is 6. The molecule has 2 aromatic carbocycles. The number of rotatable bonds is 6. The highest BCUT2D eigenvalue weighted by atomic mass is 19.1. The number of ether oxygens (including phenoxy) is 1. The molecule has 1 aromatic heterocycles. The average Bonchev–Trinajstić information content (AvgIpc) is 3.34. The lowest BCUT2D eigenvalue weighted by molar-refractivity contribution is -0.128. The lowest BCUT2D eigenvalue weighted by Gasteiger charge is -2.56. The molecular weight excluding hydrogens is 445 g/mol. The van der Waals surface area contributed by atoms with Gasteiger partial charge in [0.1, 0.15) is 11.4 Å². The van der Waals surface area contributed by atoms with Crippen molar-refractivity contribution in [3.63, 3.8) is 0 Å². The van der Waals surface area contributed by atoms with Gasteiger partial charge < -0.3 is 19.3 Å². The van der Waals surface area contributed by atoms with Crippen LogP contribution in [0.3, 0.4) is 0 Å². The van der Waals surface area contributed by atoms with Gasteiger partial charge in [-0.25, -0.2) is 4.39 Å². The molecule has 5 rings (SSSR count). The molecule has 1 N–H and O–H groups in total. The maximum atomic E-state index is 15.5. The molecule has 7 heteroatoms. The quantitative estimate of drug-likeness (QED) is 0.532. The Morgan fingerprint density at radius 2 is 1.80 bits per heavy atom. The Balaban J connectivity index is 1.57. The summed E-state index contributed by atoms with van der Waals surface area (Å²) in [5.74, 6) is 1.08. The topological polar surface area (TPSA) is 71.6 Å². The van der Waals surface area contributed by atoms with Crippen molar-refractivity contribution >= 4 is 0 Å². The number of aromatic nitrogens is 2. The van der Waals surface area contributed by atoms with E-state index in [2.05, 4.69) is 28.9 Å². The molecule has 2 saturated heterocycles. The molecule has 3 aromatic rings. The molecule has 6 nitrogen and oxygen atoms in total. The first-order chi connectivity index (χ1) is 16.7. The Bertz CT molecular complexity index is 1180. The van der Waals surface area contributed by atoms with E-state index in [1.54, 1.807) is 12.1 Å². The van der Waals surface area contributed by atoms with Gasteiger partial charge in [0, 0.05) is 48.8 Å². The SMILES string of the molecule is CC(C)c1ccc([C@](O)(c2cc(-c3noc(C4CCOCC4)n3)ccc2F)C2(C)CN(C)C2)cc1. The van der Waals surface area contributed by atoms with Crippen LogP contribution >= 0.6 is 0 Å². The Labute approximate surface area is 206 Å². The smallest absolute Gasteiger partial charge is 0.230 e. The number of benzene rings is 2. The van der Waals surface area contributed by atoms with Gasteiger partial charge in [-0.15, -0.1) is 0 Å². The van der Waals surface area contributed by atoms with Crippen LogP contribution in [-0.4, -0.2) is 53.5 Å². The highest BCUT2D eigenvalue weighted by molar-refractivity contribution is 5.58. The fraction of sp³-hybridized carbons (Fsp3) is 0.500. The summed E-state index contributed by atoms with van der Waals surface area (Å²) in [5, 5.41) is 16.6. The van der Waals surface area contributed by atoms with E-state index in [1.165, 1.54) is 11.6 Å². The molecule has 2 aliphatic rings. The monoisotopic (exact) mass is 479 g/mol. The van der Waals surface area contributed by atoms with Crippen LogP contribution < -0.4 is 0 Å². The first-order valence-corrected chi connectivity index (χ1v) is 12.4. The van der Waals surface area contributed by atoms with Crippen LogP contribution in [0.15, 0.2) is 47.0 Å². The molecule has 2 aliphatic heterocycles. The summed E-state index contributed by atoms with van der Waals surface area (Å²) in [6, 6.07) is 12.7. The summed E-state index contributed by atoms with van der Waals surface area (Å²) < 4.78 is 26.5. The molecule has 2 fully saturated rings. The van der Waals surface area contributed by atoms with Gasteiger partial charge in [0.25, 0.3) is 0 Å². The van der Waals surface area contributed by atoms with Gasteiger partial charge in [0.15, 0.2) is 0 Å². The molecule has 3 heterocycles. The molecule has 0 aliphatic carbocycles. The van der Waals surface area contributed by atoms with Crippen molar-refractivity contribution in [3.8, 4) is 11.4 Å². The minimum atomic E-state index is -1.53. The Morgan fingerprint density at radius 3 is 2.43 bits per heavy atom. The molecule has 0 radical (unpaired) electrons. The van der Waals surface area contributed by atoms with Gasteiger partial charge in [-0.3, -0.25) is 0 Å². The zero-order valence-corrected chi connectivity index (χ0v) is 20.9. The highest BCUT2D eigenvalue weighted by Gasteiger charge is 2.56. The van der Waals surface area contributed by atoms with Crippen molar-refractivity contribution in [3.05, 3.63) is 70.9 Å². The van der Waals surface area contributed by atoms with Crippen molar-refractivity contribution in [2.75, 3.05) is 33.4 Å². The summed E-state index contributed by atoms with van der Waals surface area (Å²) in [4.78, 5) is 6.76. The fourth-order valence-corrected chi connectivity index (χ4v) is 5.72. The highest BCUT2D eigenvalue weighted by Crippen LogP contribution is 2.51. The summed E-state index contributed by atoms with van der Waals surface area (Å²) in [7, 11) is 2.01. The lowest BCUT2D eigenvalue weighted by atomic mass is 9.61. The van der Waals surface area contributed by atoms with Crippen LogP contribution in [0.5, 0.6) is 0 Å². The third kappa shape index (κ3) is 4.20. The van der Waals surface area contributed by atoms with E-state index in [0.29, 0.717) is 55.1 Å². The molecule has 0 spiro atoms. The maximum Gasteiger partial charge on any atom is 0.230 e. The molecule has 0 saturated carbocycles. The van der Waals surface area contributed by atoms with Gasteiger partial charge in [0.2, 0.25) is 11.7 Å². The van der Waals surface area contributed by atoms with E-state index < -0.39 is 16.8 Å². The Hall–Kier alpha value is -2.61. The van der Waals surface area contributed by atoms with E-state index in [0.717, 1.165) is 12.8 Å². The minimum absolute atomic E-state index is 0.172. The number of likely N-dealkylation sites (tertiary alicyclic amines) is 1. The second-order valence-electron chi connectivity index (χ2n) is 10.8. The van der Waals surface area contributed by atoms with Crippen molar-refractivity contribution in [1.29, 1.82) is 0 Å². The van der Waals surface area contributed by atoms with Gasteiger partial charge in [-0.05, 0) is 55.1 Å². The van der Waals surface area contributed by atoms with E-state index in [9.17, 15) is 5.11 Å². The zero-order valence-electron chi connectivity index (χ0n) is 20.9.